The molecule has 1 fully saturated rings. The first-order chi connectivity index (χ1) is 24.3. The van der Waals surface area contributed by atoms with Crippen molar-refractivity contribution in [3.8, 4) is 17.1 Å². The number of anilines is 2. The van der Waals surface area contributed by atoms with Crippen LogP contribution in [0.25, 0.3) is 11.3 Å². The van der Waals surface area contributed by atoms with Crippen LogP contribution in [0.2, 0.25) is 0 Å². The first-order valence-electron chi connectivity index (χ1n) is 16.1. The van der Waals surface area contributed by atoms with Crippen LogP contribution >= 0.6 is 0 Å². The minimum absolute atomic E-state index is 0. The van der Waals surface area contributed by atoms with Crippen molar-refractivity contribution >= 4 is 29.5 Å². The van der Waals surface area contributed by atoms with Gasteiger partial charge in [0.25, 0.3) is 0 Å². The van der Waals surface area contributed by atoms with E-state index < -0.39 is 30.4 Å². The van der Waals surface area contributed by atoms with Gasteiger partial charge in [-0.15, -0.1) is 0 Å². The quantitative estimate of drug-likeness (QED) is 0.108. The Balaban J connectivity index is 0. The number of benzene rings is 3. The van der Waals surface area contributed by atoms with Crippen molar-refractivity contribution in [2.75, 3.05) is 30.8 Å². The van der Waals surface area contributed by atoms with Gasteiger partial charge in [-0.2, -0.15) is 13.2 Å². The number of alkyl carbamates (subject to hydrolysis) is 1. The molecule has 0 aliphatic heterocycles. The molecule has 5 rings (SSSR count). The van der Waals surface area contributed by atoms with E-state index in [0.29, 0.717) is 35.5 Å². The fourth-order valence-electron chi connectivity index (χ4n) is 4.94. The summed E-state index contributed by atoms with van der Waals surface area (Å²) in [6.45, 7) is 6.25. The molecule has 4 aromatic rings. The maximum Gasteiger partial charge on any atom is 0.490 e. The number of alkyl halides is 3. The van der Waals surface area contributed by atoms with Crippen molar-refractivity contribution in [2.45, 2.75) is 51.6 Å². The SMILES string of the molecule is COc1cc(NC(=O)Nc2cccc(CNC(=O)O[C@H](CN(CC3CC3)C(C)C)c3ccccc3)c2)ccc1-c1cnco1.F.F.F.O.O.O=C(O)C(F)(F)F. The molecule has 0 saturated heterocycles. The molecule has 1 aliphatic carbocycles. The summed E-state index contributed by atoms with van der Waals surface area (Å²) >= 11 is 0. The Kier molecular flexibility index (Phi) is 22.9. The Hall–Kier alpha value is -5.86. The maximum absolute atomic E-state index is 13.0. The lowest BCUT2D eigenvalue weighted by Crippen LogP contribution is -2.38. The molecule has 3 amide bonds. The number of hydrogen-bond acceptors (Lipinski definition) is 8. The standard InChI is InChI=1S/C34H39N5O5.C2HF3O2.3FH.2H2O/c1-23(2)39(20-24-12-13-24)21-32(26-9-5-4-6-10-26)44-34(41)36-18-25-8-7-11-27(16-25)37-33(40)38-28-14-15-29(30(17-28)42-3)31-19-35-22-43-31;3-2(4,5)1(6)7;;;;;/h4-11,14-17,19,22-24,32H,12-13,18,20-21H2,1-3H3,(H,36,41)(H2,37,38,40);(H,6,7);3*1H;2*1H2/t32-;;;;;;/m1....../s1. The normalized spacial score (nSPS) is 11.9. The molecule has 0 radical (unpaired) electrons. The number of urea groups is 1. The van der Waals surface area contributed by atoms with E-state index in [4.69, 9.17) is 23.8 Å². The van der Waals surface area contributed by atoms with Gasteiger partial charge in [0.2, 0.25) is 0 Å². The minimum Gasteiger partial charge on any atom is -0.496 e. The lowest BCUT2D eigenvalue weighted by atomic mass is 10.1. The second-order valence-corrected chi connectivity index (χ2v) is 12.0. The third kappa shape index (κ3) is 16.7. The van der Waals surface area contributed by atoms with Crippen molar-refractivity contribution in [1.82, 2.24) is 15.2 Å². The number of carbonyl (C=O) groups excluding carboxylic acids is 2. The van der Waals surface area contributed by atoms with Crippen LogP contribution in [0, 0.1) is 5.92 Å². The van der Waals surface area contributed by atoms with Crippen LogP contribution in [0.15, 0.2) is 89.8 Å². The molecule has 1 aliphatic rings. The molecule has 0 spiro atoms. The number of halogens is 6. The number of carbonyl (C=O) groups is 3. The summed E-state index contributed by atoms with van der Waals surface area (Å²) in [7, 11) is 1.55. The van der Waals surface area contributed by atoms with Gasteiger partial charge in [-0.25, -0.2) is 19.4 Å². The van der Waals surface area contributed by atoms with E-state index in [2.05, 4.69) is 39.7 Å². The van der Waals surface area contributed by atoms with Gasteiger partial charge >= 0.3 is 24.3 Å². The van der Waals surface area contributed by atoms with Gasteiger partial charge in [0.05, 0.1) is 18.9 Å². The zero-order valence-electron chi connectivity index (χ0n) is 30.5. The molecule has 1 heterocycles. The number of rotatable bonds is 13. The third-order valence-corrected chi connectivity index (χ3v) is 7.76. The monoisotopic (exact) mass is 807 g/mol. The lowest BCUT2D eigenvalue weighted by molar-refractivity contribution is -0.192. The fraction of sp³-hybridized carbons (Fsp3) is 0.333. The highest BCUT2D eigenvalue weighted by Gasteiger charge is 2.38. The van der Waals surface area contributed by atoms with Gasteiger partial charge in [0.15, 0.2) is 12.2 Å². The van der Waals surface area contributed by atoms with Crippen molar-refractivity contribution in [3.63, 3.8) is 0 Å². The molecule has 20 heteroatoms. The Labute approximate surface area is 318 Å². The summed E-state index contributed by atoms with van der Waals surface area (Å²) < 4.78 is 48.5. The van der Waals surface area contributed by atoms with Gasteiger partial charge in [0.1, 0.15) is 11.9 Å². The number of nitrogens with one attached hydrogen (secondary N) is 3. The van der Waals surface area contributed by atoms with Crippen LogP contribution < -0.4 is 20.7 Å². The summed E-state index contributed by atoms with van der Waals surface area (Å²) in [6.07, 6.45) is -0.493. The zero-order valence-corrected chi connectivity index (χ0v) is 30.5. The molecule has 1 aromatic heterocycles. The van der Waals surface area contributed by atoms with E-state index in [1.165, 1.54) is 19.2 Å². The number of amides is 3. The number of carboxylic acid groups (broad SMARTS) is 1. The highest BCUT2D eigenvalue weighted by molar-refractivity contribution is 6.00. The van der Waals surface area contributed by atoms with Gasteiger partial charge in [-0.1, -0.05) is 42.5 Å². The number of aromatic nitrogens is 1. The number of ether oxygens (including phenoxy) is 2. The number of nitrogens with zero attached hydrogens (tertiary/aromatic N) is 2. The Morgan fingerprint density at radius 1 is 0.946 bits per heavy atom. The van der Waals surface area contributed by atoms with Crippen molar-refractivity contribution in [3.05, 3.63) is 96.5 Å². The molecular weight excluding hydrogens is 760 g/mol. The van der Waals surface area contributed by atoms with Crippen LogP contribution in [-0.2, 0) is 16.1 Å². The Morgan fingerprint density at radius 2 is 1.57 bits per heavy atom. The Bertz CT molecular complexity index is 1750. The molecule has 56 heavy (non-hydrogen) atoms. The van der Waals surface area contributed by atoms with E-state index in [1.807, 2.05) is 42.5 Å². The van der Waals surface area contributed by atoms with Crippen LogP contribution in [0.1, 0.15) is 43.9 Å². The number of aliphatic carboxylic acids is 1. The molecule has 0 unspecified atom stereocenters. The summed E-state index contributed by atoms with van der Waals surface area (Å²) in [4.78, 5) is 40.9. The first kappa shape index (κ1) is 52.2. The van der Waals surface area contributed by atoms with Crippen LogP contribution in [-0.4, -0.2) is 76.5 Å². The van der Waals surface area contributed by atoms with E-state index in [0.717, 1.165) is 29.2 Å². The number of hydrogen-bond donors (Lipinski definition) is 4. The summed E-state index contributed by atoms with van der Waals surface area (Å²) in [5, 5.41) is 15.6. The van der Waals surface area contributed by atoms with Crippen molar-refractivity contribution < 1.29 is 71.6 Å². The second-order valence-electron chi connectivity index (χ2n) is 12.0. The van der Waals surface area contributed by atoms with Gasteiger partial charge in [-0.3, -0.25) is 19.0 Å². The van der Waals surface area contributed by atoms with E-state index in [1.54, 1.807) is 43.6 Å². The van der Waals surface area contributed by atoms with E-state index in [-0.39, 0.29) is 31.6 Å². The highest BCUT2D eigenvalue weighted by atomic mass is 19.4. The average molecular weight is 808 g/mol. The van der Waals surface area contributed by atoms with Crippen molar-refractivity contribution in [2.24, 2.45) is 5.92 Å². The van der Waals surface area contributed by atoms with Crippen LogP contribution in [0.4, 0.5) is 48.2 Å². The zero-order chi connectivity index (χ0) is 37.0. The smallest absolute Gasteiger partial charge is 0.490 e. The van der Waals surface area contributed by atoms with Gasteiger partial charge in [0, 0.05) is 43.1 Å². The summed E-state index contributed by atoms with van der Waals surface area (Å²) in [6, 6.07) is 22.3. The number of methoxy groups -OCH3 is 1. The van der Waals surface area contributed by atoms with Crippen molar-refractivity contribution in [1.29, 1.82) is 0 Å². The number of oxazole rings is 1. The Morgan fingerprint density at radius 3 is 2.11 bits per heavy atom. The van der Waals surface area contributed by atoms with Crippen LogP contribution in [0.3, 0.4) is 0 Å². The highest BCUT2D eigenvalue weighted by Crippen LogP contribution is 2.33. The van der Waals surface area contributed by atoms with Gasteiger partial charge in [-0.05, 0) is 68.0 Å². The minimum atomic E-state index is -5.08. The average Bonchev–Trinajstić information content (AvgIpc) is 3.75. The predicted molar refractivity (Wildman–Crippen MR) is 198 cm³/mol. The fourth-order valence-corrected chi connectivity index (χ4v) is 4.94. The molecule has 0 bridgehead atoms. The lowest BCUT2D eigenvalue weighted by Gasteiger charge is -2.30. The summed E-state index contributed by atoms with van der Waals surface area (Å²) in [5.41, 5.74) is 3.62. The largest absolute Gasteiger partial charge is 0.496 e. The molecule has 8 N–H and O–H groups in total. The molecular formula is C36H47F6N5O9. The van der Waals surface area contributed by atoms with E-state index in [9.17, 15) is 22.8 Å². The van der Waals surface area contributed by atoms with Gasteiger partial charge < -0.3 is 45.9 Å². The summed E-state index contributed by atoms with van der Waals surface area (Å²) in [5.74, 6) is -0.922. The topological polar surface area (TPSA) is 218 Å². The third-order valence-electron chi connectivity index (χ3n) is 7.76. The molecule has 1 atom stereocenters. The second kappa shape index (κ2) is 24.5. The molecule has 14 nitrogen and oxygen atoms in total. The number of carboxylic acids is 1. The molecule has 312 valence electrons. The molecule has 3 aromatic carbocycles. The van der Waals surface area contributed by atoms with Crippen LogP contribution in [0.5, 0.6) is 5.75 Å². The first-order valence-corrected chi connectivity index (χ1v) is 16.1. The molecule has 1 saturated carbocycles. The maximum atomic E-state index is 13.0. The van der Waals surface area contributed by atoms with E-state index >= 15 is 0 Å². The predicted octanol–water partition coefficient (Wildman–Crippen LogP) is 6.52.